The van der Waals surface area contributed by atoms with Gasteiger partial charge in [0.15, 0.2) is 0 Å². The normalized spacial score (nSPS) is 10.9. The number of nitrogens with zero attached hydrogens (tertiary/aromatic N) is 1. The lowest BCUT2D eigenvalue weighted by atomic mass is 10.1. The first-order valence-electron chi connectivity index (χ1n) is 6.99. The zero-order chi connectivity index (χ0) is 15.9. The number of carbonyl (C=O) groups is 1. The van der Waals surface area contributed by atoms with Crippen LogP contribution in [0.25, 0.3) is 10.9 Å². The number of aromatic nitrogens is 1. The molecule has 0 saturated carbocycles. The average Bonchev–Trinajstić information content (AvgIpc) is 2.78. The first kappa shape index (κ1) is 14.7. The van der Waals surface area contributed by atoms with E-state index in [1.807, 2.05) is 32.0 Å². The zero-order valence-electron chi connectivity index (χ0n) is 12.7. The van der Waals surface area contributed by atoms with Gasteiger partial charge in [-0.3, -0.25) is 9.36 Å². The Morgan fingerprint density at radius 1 is 1.09 bits per heavy atom. The van der Waals surface area contributed by atoms with Gasteiger partial charge in [0.2, 0.25) is 0 Å². The van der Waals surface area contributed by atoms with Crippen LogP contribution in [0.5, 0.6) is 5.75 Å². The van der Waals surface area contributed by atoms with Crippen LogP contribution in [0.2, 0.25) is 5.02 Å². The van der Waals surface area contributed by atoms with Crippen LogP contribution < -0.4 is 4.74 Å². The van der Waals surface area contributed by atoms with Crippen LogP contribution >= 0.6 is 11.6 Å². The number of halogens is 1. The maximum Gasteiger partial charge on any atom is 0.262 e. The molecule has 0 aliphatic carbocycles. The molecule has 0 amide bonds. The van der Waals surface area contributed by atoms with Gasteiger partial charge in [0.05, 0.1) is 12.6 Å². The Kier molecular flexibility index (Phi) is 3.67. The summed E-state index contributed by atoms with van der Waals surface area (Å²) in [7, 11) is 1.64. The lowest BCUT2D eigenvalue weighted by Crippen LogP contribution is -2.13. The predicted molar refractivity (Wildman–Crippen MR) is 89.1 cm³/mol. The van der Waals surface area contributed by atoms with Crippen molar-refractivity contribution < 1.29 is 9.53 Å². The highest BCUT2D eigenvalue weighted by Gasteiger charge is 2.18. The number of methoxy groups -OCH3 is 1. The standard InChI is InChI=1S/C18H16ClNO2/c1-11-12(2)20(17-9-8-15(22-3)10-16(11)17)18(21)13-4-6-14(19)7-5-13/h4-10H,1-3H3. The molecular weight excluding hydrogens is 298 g/mol. The summed E-state index contributed by atoms with van der Waals surface area (Å²) in [6, 6.07) is 12.7. The third kappa shape index (κ3) is 2.28. The van der Waals surface area contributed by atoms with Crippen molar-refractivity contribution in [3.8, 4) is 5.75 Å². The molecule has 22 heavy (non-hydrogen) atoms. The Balaban J connectivity index is 2.20. The molecule has 0 N–H and O–H groups in total. The van der Waals surface area contributed by atoms with Crippen molar-refractivity contribution in [2.24, 2.45) is 0 Å². The van der Waals surface area contributed by atoms with E-state index in [1.54, 1.807) is 35.9 Å². The van der Waals surface area contributed by atoms with Gasteiger partial charge < -0.3 is 4.74 Å². The minimum absolute atomic E-state index is 0.0579. The molecule has 4 heteroatoms. The van der Waals surface area contributed by atoms with E-state index in [0.29, 0.717) is 10.6 Å². The van der Waals surface area contributed by atoms with Crippen LogP contribution in [0, 0.1) is 13.8 Å². The Morgan fingerprint density at radius 2 is 1.77 bits per heavy atom. The van der Waals surface area contributed by atoms with E-state index in [1.165, 1.54) is 0 Å². The molecule has 0 fully saturated rings. The van der Waals surface area contributed by atoms with E-state index in [2.05, 4.69) is 0 Å². The quantitative estimate of drug-likeness (QED) is 0.692. The van der Waals surface area contributed by atoms with E-state index in [-0.39, 0.29) is 5.91 Å². The van der Waals surface area contributed by atoms with Crippen LogP contribution in [0.1, 0.15) is 21.6 Å². The number of carbonyl (C=O) groups excluding carboxylic acids is 1. The van der Waals surface area contributed by atoms with Crippen molar-refractivity contribution in [3.05, 3.63) is 64.3 Å². The molecule has 3 rings (SSSR count). The van der Waals surface area contributed by atoms with Crippen molar-refractivity contribution in [2.45, 2.75) is 13.8 Å². The summed E-state index contributed by atoms with van der Waals surface area (Å²) >= 11 is 5.89. The summed E-state index contributed by atoms with van der Waals surface area (Å²) in [5.41, 5.74) is 3.51. The lowest BCUT2D eigenvalue weighted by Gasteiger charge is -2.07. The van der Waals surface area contributed by atoms with Gasteiger partial charge in [-0.2, -0.15) is 0 Å². The van der Waals surface area contributed by atoms with Gasteiger partial charge in [-0.25, -0.2) is 0 Å². The number of benzene rings is 2. The molecule has 112 valence electrons. The highest BCUT2D eigenvalue weighted by Crippen LogP contribution is 2.29. The third-order valence-electron chi connectivity index (χ3n) is 4.02. The topological polar surface area (TPSA) is 31.2 Å². The fourth-order valence-corrected chi connectivity index (χ4v) is 2.79. The monoisotopic (exact) mass is 313 g/mol. The smallest absolute Gasteiger partial charge is 0.262 e. The number of rotatable bonds is 2. The highest BCUT2D eigenvalue weighted by molar-refractivity contribution is 6.30. The second-order valence-corrected chi connectivity index (χ2v) is 5.68. The summed E-state index contributed by atoms with van der Waals surface area (Å²) in [4.78, 5) is 12.8. The Labute approximate surface area is 134 Å². The van der Waals surface area contributed by atoms with Gasteiger partial charge in [-0.1, -0.05) is 11.6 Å². The van der Waals surface area contributed by atoms with Crippen LogP contribution in [0.4, 0.5) is 0 Å². The van der Waals surface area contributed by atoms with Gasteiger partial charge in [0, 0.05) is 21.7 Å². The minimum Gasteiger partial charge on any atom is -0.497 e. The van der Waals surface area contributed by atoms with Gasteiger partial charge in [0.25, 0.3) is 5.91 Å². The second kappa shape index (κ2) is 5.50. The fraction of sp³-hybridized carbons (Fsp3) is 0.167. The molecule has 1 aromatic heterocycles. The van der Waals surface area contributed by atoms with Crippen LogP contribution in [0.15, 0.2) is 42.5 Å². The van der Waals surface area contributed by atoms with E-state index < -0.39 is 0 Å². The molecule has 0 radical (unpaired) electrons. The lowest BCUT2D eigenvalue weighted by molar-refractivity contribution is 0.0963. The molecule has 0 aliphatic heterocycles. The molecule has 0 bridgehead atoms. The number of ether oxygens (including phenoxy) is 1. The summed E-state index contributed by atoms with van der Waals surface area (Å²) in [6.45, 7) is 3.97. The molecule has 0 aliphatic rings. The Morgan fingerprint density at radius 3 is 2.41 bits per heavy atom. The van der Waals surface area contributed by atoms with Gasteiger partial charge >= 0.3 is 0 Å². The summed E-state index contributed by atoms with van der Waals surface area (Å²) in [5, 5.41) is 1.64. The largest absolute Gasteiger partial charge is 0.497 e. The number of aryl methyl sites for hydroxylation is 1. The Hall–Kier alpha value is -2.26. The molecule has 3 aromatic rings. The number of hydrogen-bond donors (Lipinski definition) is 0. The van der Waals surface area contributed by atoms with E-state index >= 15 is 0 Å². The second-order valence-electron chi connectivity index (χ2n) is 5.24. The van der Waals surface area contributed by atoms with Crippen molar-refractivity contribution in [3.63, 3.8) is 0 Å². The fourth-order valence-electron chi connectivity index (χ4n) is 2.66. The summed E-state index contributed by atoms with van der Waals surface area (Å²) < 4.78 is 7.02. The highest BCUT2D eigenvalue weighted by atomic mass is 35.5. The van der Waals surface area contributed by atoms with E-state index in [9.17, 15) is 4.79 Å². The minimum atomic E-state index is -0.0579. The first-order valence-corrected chi connectivity index (χ1v) is 7.36. The van der Waals surface area contributed by atoms with Gasteiger partial charge in [-0.15, -0.1) is 0 Å². The molecular formula is C18H16ClNO2. The van der Waals surface area contributed by atoms with Gasteiger partial charge in [-0.05, 0) is 61.9 Å². The molecule has 0 atom stereocenters. The predicted octanol–water partition coefficient (Wildman–Crippen LogP) is 4.61. The van der Waals surface area contributed by atoms with Crippen molar-refractivity contribution in [1.29, 1.82) is 0 Å². The first-order chi connectivity index (χ1) is 10.5. The van der Waals surface area contributed by atoms with Crippen LogP contribution in [0.3, 0.4) is 0 Å². The molecule has 0 spiro atoms. The van der Waals surface area contributed by atoms with Crippen molar-refractivity contribution in [1.82, 2.24) is 4.57 Å². The van der Waals surface area contributed by atoms with Crippen LogP contribution in [-0.2, 0) is 0 Å². The van der Waals surface area contributed by atoms with Crippen molar-refractivity contribution in [2.75, 3.05) is 7.11 Å². The van der Waals surface area contributed by atoms with Crippen LogP contribution in [-0.4, -0.2) is 17.6 Å². The molecule has 3 nitrogen and oxygen atoms in total. The maximum atomic E-state index is 12.8. The molecule has 0 saturated heterocycles. The molecule has 0 unspecified atom stereocenters. The van der Waals surface area contributed by atoms with E-state index in [4.69, 9.17) is 16.3 Å². The molecule has 1 heterocycles. The maximum absolute atomic E-state index is 12.8. The summed E-state index contributed by atoms with van der Waals surface area (Å²) in [5.74, 6) is 0.726. The average molecular weight is 314 g/mol. The van der Waals surface area contributed by atoms with E-state index in [0.717, 1.165) is 27.9 Å². The summed E-state index contributed by atoms with van der Waals surface area (Å²) in [6.07, 6.45) is 0. The number of hydrogen-bond acceptors (Lipinski definition) is 2. The van der Waals surface area contributed by atoms with Gasteiger partial charge in [0.1, 0.15) is 5.75 Å². The third-order valence-corrected chi connectivity index (χ3v) is 4.27. The van der Waals surface area contributed by atoms with Crippen molar-refractivity contribution >= 4 is 28.4 Å². The molecule has 2 aromatic carbocycles. The zero-order valence-corrected chi connectivity index (χ0v) is 13.4. The SMILES string of the molecule is COc1ccc2c(c1)c(C)c(C)n2C(=O)c1ccc(Cl)cc1. The number of fused-ring (bicyclic) bond motifs is 1. The Bertz CT molecular complexity index is 863.